The number of rotatable bonds is 7. The number of hydrogen-bond donors (Lipinski definition) is 2. The molecule has 0 bridgehead atoms. The van der Waals surface area contributed by atoms with E-state index in [1.807, 2.05) is 19.9 Å². The van der Waals surface area contributed by atoms with E-state index in [4.69, 9.17) is 0 Å². The standard InChI is InChI=1S/C15H22F3N3O.HI/c1-3-19-14(20-4-2)21-9-12-6-5-7-13(8-12)10-22-11-15(16,17)18;/h5-8H,3-4,9-11H2,1-2H3,(H2,19,20,21);1H. The van der Waals surface area contributed by atoms with E-state index in [1.165, 1.54) is 0 Å². The third kappa shape index (κ3) is 10.4. The molecule has 132 valence electrons. The lowest BCUT2D eigenvalue weighted by atomic mass is 10.1. The summed E-state index contributed by atoms with van der Waals surface area (Å²) in [5.74, 6) is 0.712. The molecule has 0 aliphatic rings. The molecule has 0 radical (unpaired) electrons. The maximum Gasteiger partial charge on any atom is 0.411 e. The highest BCUT2D eigenvalue weighted by molar-refractivity contribution is 14.0. The first-order valence-corrected chi connectivity index (χ1v) is 7.19. The Morgan fingerprint density at radius 2 is 1.74 bits per heavy atom. The van der Waals surface area contributed by atoms with Crippen molar-refractivity contribution in [3.8, 4) is 0 Å². The van der Waals surface area contributed by atoms with Gasteiger partial charge in [0.05, 0.1) is 13.2 Å². The van der Waals surface area contributed by atoms with Crippen LogP contribution in [0.2, 0.25) is 0 Å². The summed E-state index contributed by atoms with van der Waals surface area (Å²) >= 11 is 0. The molecule has 0 fully saturated rings. The molecular formula is C15H23F3IN3O. The molecule has 0 amide bonds. The van der Waals surface area contributed by atoms with Crippen LogP contribution in [0.5, 0.6) is 0 Å². The summed E-state index contributed by atoms with van der Waals surface area (Å²) in [5.41, 5.74) is 1.62. The predicted octanol–water partition coefficient (Wildman–Crippen LogP) is 3.46. The van der Waals surface area contributed by atoms with E-state index in [2.05, 4.69) is 20.4 Å². The zero-order valence-electron chi connectivity index (χ0n) is 13.2. The molecule has 0 heterocycles. The Hall–Kier alpha value is -1.03. The quantitative estimate of drug-likeness (QED) is 0.384. The van der Waals surface area contributed by atoms with Gasteiger partial charge in [0, 0.05) is 13.1 Å². The van der Waals surface area contributed by atoms with Crippen LogP contribution < -0.4 is 10.6 Å². The fourth-order valence-corrected chi connectivity index (χ4v) is 1.78. The lowest BCUT2D eigenvalue weighted by molar-refractivity contribution is -0.176. The van der Waals surface area contributed by atoms with Crippen LogP contribution in [0.4, 0.5) is 13.2 Å². The van der Waals surface area contributed by atoms with Gasteiger partial charge in [0.25, 0.3) is 0 Å². The Morgan fingerprint density at radius 1 is 1.13 bits per heavy atom. The minimum Gasteiger partial charge on any atom is -0.367 e. The topological polar surface area (TPSA) is 45.7 Å². The Labute approximate surface area is 151 Å². The Morgan fingerprint density at radius 3 is 2.30 bits per heavy atom. The van der Waals surface area contributed by atoms with Crippen LogP contribution in [-0.2, 0) is 17.9 Å². The fourth-order valence-electron chi connectivity index (χ4n) is 1.78. The van der Waals surface area contributed by atoms with Crippen molar-refractivity contribution in [2.24, 2.45) is 4.99 Å². The van der Waals surface area contributed by atoms with Crippen molar-refractivity contribution in [3.63, 3.8) is 0 Å². The molecule has 0 unspecified atom stereocenters. The van der Waals surface area contributed by atoms with E-state index in [0.29, 0.717) is 18.1 Å². The maximum absolute atomic E-state index is 12.0. The number of halogens is 4. The molecule has 2 N–H and O–H groups in total. The number of guanidine groups is 1. The minimum atomic E-state index is -4.30. The number of hydrogen-bond acceptors (Lipinski definition) is 2. The highest BCUT2D eigenvalue weighted by Gasteiger charge is 2.27. The average molecular weight is 445 g/mol. The summed E-state index contributed by atoms with van der Waals surface area (Å²) in [4.78, 5) is 4.41. The molecule has 1 aromatic carbocycles. The van der Waals surface area contributed by atoms with Gasteiger partial charge >= 0.3 is 6.18 Å². The van der Waals surface area contributed by atoms with Crippen molar-refractivity contribution < 1.29 is 17.9 Å². The zero-order chi connectivity index (χ0) is 16.4. The average Bonchev–Trinajstić information content (AvgIpc) is 2.44. The van der Waals surface area contributed by atoms with Gasteiger partial charge in [-0.2, -0.15) is 13.2 Å². The second-order valence-corrected chi connectivity index (χ2v) is 4.65. The van der Waals surface area contributed by atoms with Crippen molar-refractivity contribution in [2.45, 2.75) is 33.2 Å². The molecule has 8 heteroatoms. The van der Waals surface area contributed by atoms with Gasteiger partial charge in [0.2, 0.25) is 0 Å². The molecule has 4 nitrogen and oxygen atoms in total. The van der Waals surface area contributed by atoms with Crippen molar-refractivity contribution in [1.82, 2.24) is 10.6 Å². The minimum absolute atomic E-state index is 0. The Kier molecular flexibility index (Phi) is 11.0. The van der Waals surface area contributed by atoms with Gasteiger partial charge < -0.3 is 15.4 Å². The van der Waals surface area contributed by atoms with Crippen LogP contribution in [0.3, 0.4) is 0 Å². The van der Waals surface area contributed by atoms with E-state index in [1.54, 1.807) is 18.2 Å². The summed E-state index contributed by atoms with van der Waals surface area (Å²) < 4.78 is 40.8. The van der Waals surface area contributed by atoms with Gasteiger partial charge in [0.1, 0.15) is 6.61 Å². The van der Waals surface area contributed by atoms with Crippen molar-refractivity contribution >= 4 is 29.9 Å². The summed E-state index contributed by atoms with van der Waals surface area (Å²) in [6.45, 7) is 4.62. The fraction of sp³-hybridized carbons (Fsp3) is 0.533. The van der Waals surface area contributed by atoms with Gasteiger partial charge in [-0.15, -0.1) is 24.0 Å². The number of nitrogens with zero attached hydrogens (tertiary/aromatic N) is 1. The molecular weight excluding hydrogens is 422 g/mol. The number of alkyl halides is 3. The SMILES string of the molecule is CCNC(=NCc1cccc(COCC(F)(F)F)c1)NCC.I. The van der Waals surface area contributed by atoms with Crippen LogP contribution in [0.1, 0.15) is 25.0 Å². The lowest BCUT2D eigenvalue weighted by Crippen LogP contribution is -2.36. The van der Waals surface area contributed by atoms with Gasteiger partial charge in [-0.1, -0.05) is 24.3 Å². The third-order valence-corrected chi connectivity index (χ3v) is 2.63. The van der Waals surface area contributed by atoms with Crippen LogP contribution in [-0.4, -0.2) is 31.8 Å². The van der Waals surface area contributed by atoms with Gasteiger partial charge in [-0.25, -0.2) is 4.99 Å². The van der Waals surface area contributed by atoms with E-state index in [0.717, 1.165) is 18.7 Å². The zero-order valence-corrected chi connectivity index (χ0v) is 15.6. The van der Waals surface area contributed by atoms with Crippen LogP contribution in [0.25, 0.3) is 0 Å². The predicted molar refractivity (Wildman–Crippen MR) is 96.1 cm³/mol. The van der Waals surface area contributed by atoms with Gasteiger partial charge in [-0.3, -0.25) is 0 Å². The summed E-state index contributed by atoms with van der Waals surface area (Å²) in [6.07, 6.45) is -4.30. The van der Waals surface area contributed by atoms with Gasteiger partial charge in [-0.05, 0) is 25.0 Å². The molecule has 0 atom stereocenters. The highest BCUT2D eigenvalue weighted by Crippen LogP contribution is 2.16. The van der Waals surface area contributed by atoms with Gasteiger partial charge in [0.15, 0.2) is 5.96 Å². The van der Waals surface area contributed by atoms with E-state index in [-0.39, 0.29) is 30.6 Å². The van der Waals surface area contributed by atoms with Crippen molar-refractivity contribution in [2.75, 3.05) is 19.7 Å². The highest BCUT2D eigenvalue weighted by atomic mass is 127. The number of nitrogens with one attached hydrogen (secondary N) is 2. The molecule has 0 saturated heterocycles. The number of aliphatic imine (C=N–C) groups is 1. The first kappa shape index (κ1) is 22.0. The first-order chi connectivity index (χ1) is 10.4. The van der Waals surface area contributed by atoms with E-state index >= 15 is 0 Å². The molecule has 0 spiro atoms. The van der Waals surface area contributed by atoms with E-state index in [9.17, 15) is 13.2 Å². The van der Waals surface area contributed by atoms with Crippen LogP contribution in [0.15, 0.2) is 29.3 Å². The molecule has 0 aliphatic carbocycles. The smallest absolute Gasteiger partial charge is 0.367 e. The third-order valence-electron chi connectivity index (χ3n) is 2.63. The summed E-state index contributed by atoms with van der Waals surface area (Å²) in [5, 5.41) is 6.22. The molecule has 23 heavy (non-hydrogen) atoms. The summed E-state index contributed by atoms with van der Waals surface area (Å²) in [6, 6.07) is 7.21. The largest absolute Gasteiger partial charge is 0.411 e. The monoisotopic (exact) mass is 445 g/mol. The molecule has 0 aliphatic heterocycles. The number of benzene rings is 1. The van der Waals surface area contributed by atoms with Crippen molar-refractivity contribution in [3.05, 3.63) is 35.4 Å². The molecule has 1 aromatic rings. The number of ether oxygens (including phenoxy) is 1. The molecule has 1 rings (SSSR count). The van der Waals surface area contributed by atoms with Crippen molar-refractivity contribution in [1.29, 1.82) is 0 Å². The summed E-state index contributed by atoms with van der Waals surface area (Å²) in [7, 11) is 0. The second kappa shape index (κ2) is 11.5. The van der Waals surface area contributed by atoms with Crippen LogP contribution >= 0.6 is 24.0 Å². The van der Waals surface area contributed by atoms with Crippen LogP contribution in [0, 0.1) is 0 Å². The molecule has 0 aromatic heterocycles. The first-order valence-electron chi connectivity index (χ1n) is 7.19. The normalized spacial score (nSPS) is 10.7. The van der Waals surface area contributed by atoms with E-state index < -0.39 is 12.8 Å². The second-order valence-electron chi connectivity index (χ2n) is 4.65. The maximum atomic E-state index is 12.0. The molecule has 0 saturated carbocycles. The lowest BCUT2D eigenvalue weighted by Gasteiger charge is -2.10. The Bertz CT molecular complexity index is 473. The Balaban J connectivity index is 0.00000484.